The molecule has 2 heterocycles. The number of carbonyl (C=O) groups excluding carboxylic acids is 1. The van der Waals surface area contributed by atoms with Crippen LogP contribution >= 0.6 is 0 Å². The van der Waals surface area contributed by atoms with E-state index < -0.39 is 0 Å². The summed E-state index contributed by atoms with van der Waals surface area (Å²) in [6.07, 6.45) is 3.29. The molecule has 1 amide bonds. The van der Waals surface area contributed by atoms with E-state index in [-0.39, 0.29) is 11.9 Å². The molecule has 0 fully saturated rings. The van der Waals surface area contributed by atoms with Crippen LogP contribution in [0.2, 0.25) is 0 Å². The molecule has 140 valence electrons. The summed E-state index contributed by atoms with van der Waals surface area (Å²) in [7, 11) is 1.57. The number of hydrogen-bond donors (Lipinski definition) is 1. The van der Waals surface area contributed by atoms with Gasteiger partial charge in [0.1, 0.15) is 5.69 Å². The number of aryl methyl sites for hydroxylation is 2. The SMILES string of the molecule is COc1nc2ccccc2nc1CCC(=O)NC(C)Cc1ncccc1C. The fourth-order valence-corrected chi connectivity index (χ4v) is 3.00. The molecule has 3 rings (SSSR count). The number of aromatic nitrogens is 3. The van der Waals surface area contributed by atoms with Gasteiger partial charge in [-0.15, -0.1) is 0 Å². The second kappa shape index (κ2) is 8.58. The molecule has 1 N–H and O–H groups in total. The van der Waals surface area contributed by atoms with Gasteiger partial charge in [0.05, 0.1) is 18.1 Å². The van der Waals surface area contributed by atoms with E-state index in [2.05, 4.69) is 20.3 Å². The van der Waals surface area contributed by atoms with Gasteiger partial charge in [-0.1, -0.05) is 18.2 Å². The number of fused-ring (bicyclic) bond motifs is 1. The second-order valence-electron chi connectivity index (χ2n) is 6.61. The molecule has 0 saturated carbocycles. The summed E-state index contributed by atoms with van der Waals surface area (Å²) in [5, 5.41) is 3.03. The van der Waals surface area contributed by atoms with E-state index in [1.807, 2.05) is 50.2 Å². The zero-order valence-electron chi connectivity index (χ0n) is 15.9. The summed E-state index contributed by atoms with van der Waals surface area (Å²) in [6.45, 7) is 4.02. The number of ether oxygens (including phenoxy) is 1. The average Bonchev–Trinajstić information content (AvgIpc) is 2.67. The van der Waals surface area contributed by atoms with Crippen molar-refractivity contribution in [1.82, 2.24) is 20.3 Å². The molecular formula is C21H24N4O2. The number of pyridine rings is 1. The molecule has 0 spiro atoms. The highest BCUT2D eigenvalue weighted by Crippen LogP contribution is 2.19. The van der Waals surface area contributed by atoms with Gasteiger partial charge >= 0.3 is 0 Å². The molecule has 0 aliphatic rings. The average molecular weight is 364 g/mol. The van der Waals surface area contributed by atoms with Gasteiger partial charge in [0.25, 0.3) is 0 Å². The van der Waals surface area contributed by atoms with Gasteiger partial charge in [0.15, 0.2) is 0 Å². The summed E-state index contributed by atoms with van der Waals surface area (Å²) < 4.78 is 5.35. The molecule has 0 radical (unpaired) electrons. The van der Waals surface area contributed by atoms with Crippen LogP contribution in [0, 0.1) is 6.92 Å². The van der Waals surface area contributed by atoms with Gasteiger partial charge in [-0.2, -0.15) is 0 Å². The van der Waals surface area contributed by atoms with E-state index in [0.717, 1.165) is 22.3 Å². The van der Waals surface area contributed by atoms with Crippen molar-refractivity contribution in [3.63, 3.8) is 0 Å². The number of nitrogens with zero attached hydrogens (tertiary/aromatic N) is 3. The van der Waals surface area contributed by atoms with E-state index in [0.29, 0.717) is 30.8 Å². The Kier molecular flexibility index (Phi) is 5.96. The molecule has 0 bridgehead atoms. The lowest BCUT2D eigenvalue weighted by Crippen LogP contribution is -2.34. The van der Waals surface area contributed by atoms with E-state index in [1.54, 1.807) is 13.3 Å². The Hall–Kier alpha value is -3.02. The van der Waals surface area contributed by atoms with Gasteiger partial charge < -0.3 is 10.1 Å². The largest absolute Gasteiger partial charge is 0.480 e. The minimum Gasteiger partial charge on any atom is -0.480 e. The highest BCUT2D eigenvalue weighted by Gasteiger charge is 2.14. The third kappa shape index (κ3) is 4.78. The number of amides is 1. The van der Waals surface area contributed by atoms with Crippen molar-refractivity contribution in [1.29, 1.82) is 0 Å². The molecule has 6 heteroatoms. The smallest absolute Gasteiger partial charge is 0.235 e. The molecule has 1 aromatic carbocycles. The van der Waals surface area contributed by atoms with Gasteiger partial charge in [0, 0.05) is 37.2 Å². The highest BCUT2D eigenvalue weighted by molar-refractivity contribution is 5.77. The van der Waals surface area contributed by atoms with E-state index in [1.165, 1.54) is 0 Å². The first-order valence-corrected chi connectivity index (χ1v) is 9.06. The predicted molar refractivity (Wildman–Crippen MR) is 105 cm³/mol. The summed E-state index contributed by atoms with van der Waals surface area (Å²) in [4.78, 5) is 25.8. The normalized spacial score (nSPS) is 12.0. The Morgan fingerprint density at radius 2 is 1.85 bits per heavy atom. The maximum atomic E-state index is 12.3. The number of nitrogens with one attached hydrogen (secondary N) is 1. The topological polar surface area (TPSA) is 77.0 Å². The molecule has 1 unspecified atom stereocenters. The number of methoxy groups -OCH3 is 1. The first kappa shape index (κ1) is 18.8. The van der Waals surface area contributed by atoms with Crippen LogP contribution in [0.4, 0.5) is 0 Å². The molecule has 3 aromatic rings. The first-order valence-electron chi connectivity index (χ1n) is 9.06. The van der Waals surface area contributed by atoms with Gasteiger partial charge in [-0.25, -0.2) is 9.97 Å². The molecule has 0 saturated heterocycles. The molecule has 1 atom stereocenters. The van der Waals surface area contributed by atoms with Gasteiger partial charge in [-0.05, 0) is 37.6 Å². The Morgan fingerprint density at radius 3 is 2.56 bits per heavy atom. The summed E-state index contributed by atoms with van der Waals surface area (Å²) >= 11 is 0. The first-order chi connectivity index (χ1) is 13.1. The van der Waals surface area contributed by atoms with Crippen molar-refractivity contribution in [2.75, 3.05) is 7.11 Å². The van der Waals surface area contributed by atoms with Crippen molar-refractivity contribution in [3.8, 4) is 5.88 Å². The van der Waals surface area contributed by atoms with Crippen LogP contribution in [-0.2, 0) is 17.6 Å². The minimum absolute atomic E-state index is 0.00989. The van der Waals surface area contributed by atoms with Crippen LogP contribution in [0.1, 0.15) is 30.3 Å². The molecule has 27 heavy (non-hydrogen) atoms. The molecule has 2 aromatic heterocycles. The minimum atomic E-state index is -0.0203. The number of carbonyl (C=O) groups is 1. The van der Waals surface area contributed by atoms with Crippen LogP contribution in [0.25, 0.3) is 11.0 Å². The van der Waals surface area contributed by atoms with Crippen molar-refractivity contribution >= 4 is 16.9 Å². The van der Waals surface area contributed by atoms with Crippen LogP contribution in [-0.4, -0.2) is 34.0 Å². The Bertz CT molecular complexity index is 942. The molecule has 0 aliphatic heterocycles. The fraction of sp³-hybridized carbons (Fsp3) is 0.333. The number of benzene rings is 1. The monoisotopic (exact) mass is 364 g/mol. The number of hydrogen-bond acceptors (Lipinski definition) is 5. The lowest BCUT2D eigenvalue weighted by atomic mass is 10.1. The van der Waals surface area contributed by atoms with Crippen molar-refractivity contribution < 1.29 is 9.53 Å². The summed E-state index contributed by atoms with van der Waals surface area (Å²) in [5.41, 5.74) is 4.41. The van der Waals surface area contributed by atoms with E-state index in [9.17, 15) is 4.79 Å². The van der Waals surface area contributed by atoms with Crippen molar-refractivity contribution in [2.24, 2.45) is 0 Å². The number of para-hydroxylation sites is 2. The van der Waals surface area contributed by atoms with Crippen molar-refractivity contribution in [2.45, 2.75) is 39.2 Å². The zero-order chi connectivity index (χ0) is 19.2. The lowest BCUT2D eigenvalue weighted by molar-refractivity contribution is -0.121. The molecule has 0 aliphatic carbocycles. The van der Waals surface area contributed by atoms with E-state index in [4.69, 9.17) is 4.74 Å². The fourth-order valence-electron chi connectivity index (χ4n) is 3.00. The van der Waals surface area contributed by atoms with Gasteiger partial charge in [0.2, 0.25) is 11.8 Å². The third-order valence-corrected chi connectivity index (χ3v) is 4.41. The van der Waals surface area contributed by atoms with Crippen LogP contribution < -0.4 is 10.1 Å². The molecule has 6 nitrogen and oxygen atoms in total. The Labute approximate surface area is 159 Å². The van der Waals surface area contributed by atoms with Crippen LogP contribution in [0.15, 0.2) is 42.6 Å². The standard InChI is InChI=1S/C21H24N4O2/c1-14-7-6-12-22-19(14)13-15(2)23-20(26)11-10-18-21(27-3)25-17-9-5-4-8-16(17)24-18/h4-9,12,15H,10-11,13H2,1-3H3,(H,23,26). The lowest BCUT2D eigenvalue weighted by Gasteiger charge is -2.15. The van der Waals surface area contributed by atoms with Crippen LogP contribution in [0.3, 0.4) is 0 Å². The molecular weight excluding hydrogens is 340 g/mol. The predicted octanol–water partition coefficient (Wildman–Crippen LogP) is 3.02. The maximum absolute atomic E-state index is 12.3. The van der Waals surface area contributed by atoms with E-state index >= 15 is 0 Å². The maximum Gasteiger partial charge on any atom is 0.235 e. The Balaban J connectivity index is 1.60. The van der Waals surface area contributed by atoms with Crippen LogP contribution in [0.5, 0.6) is 5.88 Å². The summed E-state index contributed by atoms with van der Waals surface area (Å²) in [6, 6.07) is 11.6. The second-order valence-corrected chi connectivity index (χ2v) is 6.61. The quantitative estimate of drug-likeness (QED) is 0.697. The highest BCUT2D eigenvalue weighted by atomic mass is 16.5. The third-order valence-electron chi connectivity index (χ3n) is 4.41. The van der Waals surface area contributed by atoms with Gasteiger partial charge in [-0.3, -0.25) is 9.78 Å². The summed E-state index contributed by atoms with van der Waals surface area (Å²) in [5.74, 6) is 0.451. The number of rotatable bonds is 7. The van der Waals surface area contributed by atoms with Crippen molar-refractivity contribution in [3.05, 3.63) is 59.5 Å². The Morgan fingerprint density at radius 1 is 1.11 bits per heavy atom. The zero-order valence-corrected chi connectivity index (χ0v) is 15.9.